The molecule has 2 atom stereocenters. The van der Waals surface area contributed by atoms with E-state index in [9.17, 15) is 4.79 Å². The molecule has 110 valence electrons. The first-order valence-electron chi connectivity index (χ1n) is 7.98. The summed E-state index contributed by atoms with van der Waals surface area (Å²) in [6, 6.07) is 1.12. The molecule has 2 fully saturated rings. The van der Waals surface area contributed by atoms with Crippen LogP contribution in [0.5, 0.6) is 0 Å². The van der Waals surface area contributed by atoms with Gasteiger partial charge < -0.3 is 4.90 Å². The second kappa shape index (κ2) is 6.25. The quantitative estimate of drug-likeness (QED) is 0.781. The van der Waals surface area contributed by atoms with Crippen molar-refractivity contribution in [2.45, 2.75) is 65.0 Å². The highest BCUT2D eigenvalue weighted by Crippen LogP contribution is 2.28. The average Bonchev–Trinajstić information content (AvgIpc) is 3.17. The molecule has 1 saturated heterocycles. The first kappa shape index (κ1) is 14.8. The predicted molar refractivity (Wildman–Crippen MR) is 79.0 cm³/mol. The van der Waals surface area contributed by atoms with Gasteiger partial charge in [-0.25, -0.2) is 0 Å². The average molecular weight is 266 g/mol. The van der Waals surface area contributed by atoms with E-state index in [2.05, 4.69) is 25.7 Å². The SMILES string of the molecule is CC1CCC(C(C)C)N(CC(=O)N(C)C2CC2)CC1. The number of hydrogen-bond acceptors (Lipinski definition) is 2. The fourth-order valence-corrected chi connectivity index (χ4v) is 3.24. The van der Waals surface area contributed by atoms with Crippen molar-refractivity contribution < 1.29 is 4.79 Å². The summed E-state index contributed by atoms with van der Waals surface area (Å²) in [6.07, 6.45) is 6.20. The molecule has 19 heavy (non-hydrogen) atoms. The van der Waals surface area contributed by atoms with Gasteiger partial charge in [0, 0.05) is 19.1 Å². The zero-order chi connectivity index (χ0) is 14.0. The van der Waals surface area contributed by atoms with Crippen molar-refractivity contribution in [3.63, 3.8) is 0 Å². The van der Waals surface area contributed by atoms with Crippen molar-refractivity contribution in [3.8, 4) is 0 Å². The molecule has 0 spiro atoms. The molecule has 1 amide bonds. The zero-order valence-corrected chi connectivity index (χ0v) is 13.1. The number of nitrogens with zero attached hydrogens (tertiary/aromatic N) is 2. The Bertz CT molecular complexity index is 312. The summed E-state index contributed by atoms with van der Waals surface area (Å²) in [4.78, 5) is 16.8. The van der Waals surface area contributed by atoms with Crippen LogP contribution in [0.3, 0.4) is 0 Å². The van der Waals surface area contributed by atoms with Gasteiger partial charge in [0.15, 0.2) is 0 Å². The van der Waals surface area contributed by atoms with Crippen molar-refractivity contribution in [3.05, 3.63) is 0 Å². The Kier molecular flexibility index (Phi) is 4.88. The number of carbonyl (C=O) groups excluding carboxylic acids is 1. The number of likely N-dealkylation sites (tertiary alicyclic amines) is 1. The van der Waals surface area contributed by atoms with Crippen molar-refractivity contribution >= 4 is 5.91 Å². The molecule has 1 heterocycles. The van der Waals surface area contributed by atoms with E-state index in [4.69, 9.17) is 0 Å². The Morgan fingerprint density at radius 3 is 2.47 bits per heavy atom. The van der Waals surface area contributed by atoms with Gasteiger partial charge in [-0.2, -0.15) is 0 Å². The van der Waals surface area contributed by atoms with Crippen LogP contribution in [0.2, 0.25) is 0 Å². The highest BCUT2D eigenvalue weighted by atomic mass is 16.2. The Hall–Kier alpha value is -0.570. The Morgan fingerprint density at radius 1 is 1.21 bits per heavy atom. The monoisotopic (exact) mass is 266 g/mol. The van der Waals surface area contributed by atoms with Gasteiger partial charge in [0.2, 0.25) is 5.91 Å². The van der Waals surface area contributed by atoms with Crippen molar-refractivity contribution in [2.24, 2.45) is 11.8 Å². The van der Waals surface area contributed by atoms with Gasteiger partial charge in [-0.15, -0.1) is 0 Å². The first-order chi connectivity index (χ1) is 8.99. The van der Waals surface area contributed by atoms with E-state index in [0.717, 1.165) is 12.5 Å². The smallest absolute Gasteiger partial charge is 0.236 e. The molecule has 0 N–H and O–H groups in total. The fourth-order valence-electron chi connectivity index (χ4n) is 3.24. The molecule has 0 aromatic carbocycles. The van der Waals surface area contributed by atoms with E-state index >= 15 is 0 Å². The Morgan fingerprint density at radius 2 is 1.89 bits per heavy atom. The van der Waals surface area contributed by atoms with Crippen LogP contribution in [0.1, 0.15) is 52.9 Å². The Balaban J connectivity index is 1.95. The number of rotatable bonds is 4. The minimum atomic E-state index is 0.322. The second-order valence-electron chi connectivity index (χ2n) is 6.99. The van der Waals surface area contributed by atoms with Crippen LogP contribution in [-0.2, 0) is 4.79 Å². The van der Waals surface area contributed by atoms with Crippen LogP contribution < -0.4 is 0 Å². The molecule has 2 unspecified atom stereocenters. The van der Waals surface area contributed by atoms with Gasteiger partial charge in [-0.3, -0.25) is 9.69 Å². The fraction of sp³-hybridized carbons (Fsp3) is 0.938. The van der Waals surface area contributed by atoms with Crippen molar-refractivity contribution in [1.82, 2.24) is 9.80 Å². The maximum absolute atomic E-state index is 12.3. The molecular formula is C16H30N2O. The van der Waals surface area contributed by atoms with Gasteiger partial charge in [0.1, 0.15) is 0 Å². The van der Waals surface area contributed by atoms with Gasteiger partial charge in [0.05, 0.1) is 6.54 Å². The molecule has 1 aliphatic carbocycles. The number of carbonyl (C=O) groups is 1. The topological polar surface area (TPSA) is 23.6 Å². The van der Waals surface area contributed by atoms with Crippen LogP contribution >= 0.6 is 0 Å². The van der Waals surface area contributed by atoms with Gasteiger partial charge in [0.25, 0.3) is 0 Å². The molecular weight excluding hydrogens is 236 g/mol. The maximum atomic E-state index is 12.3. The summed E-state index contributed by atoms with van der Waals surface area (Å²) in [7, 11) is 1.98. The minimum Gasteiger partial charge on any atom is -0.342 e. The van der Waals surface area contributed by atoms with E-state index in [1.807, 2.05) is 11.9 Å². The molecule has 1 aliphatic heterocycles. The first-order valence-corrected chi connectivity index (χ1v) is 7.98. The molecule has 0 radical (unpaired) electrons. The van der Waals surface area contributed by atoms with E-state index in [1.54, 1.807) is 0 Å². The molecule has 2 aliphatic rings. The van der Waals surface area contributed by atoms with E-state index in [0.29, 0.717) is 30.5 Å². The molecule has 1 saturated carbocycles. The van der Waals surface area contributed by atoms with E-state index < -0.39 is 0 Å². The third kappa shape index (κ3) is 3.95. The molecule has 0 bridgehead atoms. The van der Waals surface area contributed by atoms with Gasteiger partial charge in [-0.05, 0) is 50.5 Å². The van der Waals surface area contributed by atoms with E-state index in [-0.39, 0.29) is 0 Å². The van der Waals surface area contributed by atoms with Crippen LogP contribution in [0.4, 0.5) is 0 Å². The van der Waals surface area contributed by atoms with Crippen LogP contribution in [-0.4, -0.2) is 47.9 Å². The standard InChI is InChI=1S/C16H30N2O/c1-12(2)15-8-5-13(3)9-10-18(15)11-16(19)17(4)14-6-7-14/h12-15H,5-11H2,1-4H3. The van der Waals surface area contributed by atoms with Crippen LogP contribution in [0, 0.1) is 11.8 Å². The molecule has 0 aromatic heterocycles. The highest BCUT2D eigenvalue weighted by molar-refractivity contribution is 5.78. The minimum absolute atomic E-state index is 0.322. The summed E-state index contributed by atoms with van der Waals surface area (Å²) in [5.74, 6) is 1.77. The van der Waals surface area contributed by atoms with Crippen LogP contribution in [0.25, 0.3) is 0 Å². The predicted octanol–water partition coefficient (Wildman–Crippen LogP) is 2.75. The third-order valence-electron chi connectivity index (χ3n) is 4.93. The summed E-state index contributed by atoms with van der Waals surface area (Å²) in [5, 5.41) is 0. The lowest BCUT2D eigenvalue weighted by Gasteiger charge is -2.33. The number of amides is 1. The lowest BCUT2D eigenvalue weighted by Crippen LogP contribution is -2.45. The summed E-state index contributed by atoms with van der Waals surface area (Å²) in [5.41, 5.74) is 0. The molecule has 2 rings (SSSR count). The lowest BCUT2D eigenvalue weighted by molar-refractivity contribution is -0.132. The maximum Gasteiger partial charge on any atom is 0.236 e. The van der Waals surface area contributed by atoms with Crippen molar-refractivity contribution in [2.75, 3.05) is 20.1 Å². The van der Waals surface area contributed by atoms with E-state index in [1.165, 1.54) is 32.1 Å². The second-order valence-corrected chi connectivity index (χ2v) is 6.99. The largest absolute Gasteiger partial charge is 0.342 e. The summed E-state index contributed by atoms with van der Waals surface area (Å²) < 4.78 is 0. The number of likely N-dealkylation sites (N-methyl/N-ethyl adjacent to an activating group) is 1. The molecule has 3 heteroatoms. The Labute approximate surface area is 118 Å². The molecule has 3 nitrogen and oxygen atoms in total. The lowest BCUT2D eigenvalue weighted by atomic mass is 9.95. The summed E-state index contributed by atoms with van der Waals surface area (Å²) >= 11 is 0. The van der Waals surface area contributed by atoms with Gasteiger partial charge >= 0.3 is 0 Å². The van der Waals surface area contributed by atoms with Crippen LogP contribution in [0.15, 0.2) is 0 Å². The zero-order valence-electron chi connectivity index (χ0n) is 13.1. The van der Waals surface area contributed by atoms with Crippen molar-refractivity contribution in [1.29, 1.82) is 0 Å². The summed E-state index contributed by atoms with van der Waals surface area (Å²) in [6.45, 7) is 8.65. The number of hydrogen-bond donors (Lipinski definition) is 0. The third-order valence-corrected chi connectivity index (χ3v) is 4.93. The normalized spacial score (nSPS) is 29.3. The highest BCUT2D eigenvalue weighted by Gasteiger charge is 2.32. The van der Waals surface area contributed by atoms with Gasteiger partial charge in [-0.1, -0.05) is 20.8 Å². The molecule has 0 aromatic rings.